The summed E-state index contributed by atoms with van der Waals surface area (Å²) in [6.45, 7) is 2.05. The molecular weight excluding hydrogens is 178 g/mol. The lowest BCUT2D eigenvalue weighted by atomic mass is 9.92. The molecule has 3 nitrogen and oxygen atoms in total. The molecule has 0 spiro atoms. The molecule has 1 unspecified atom stereocenters. The van der Waals surface area contributed by atoms with Gasteiger partial charge in [-0.3, -0.25) is 4.79 Å². The molecule has 1 amide bonds. The fourth-order valence-electron chi connectivity index (χ4n) is 1.84. The van der Waals surface area contributed by atoms with Crippen LogP contribution in [0.15, 0.2) is 18.2 Å². The number of amides is 1. The van der Waals surface area contributed by atoms with E-state index in [-0.39, 0.29) is 11.8 Å². The molecule has 2 rings (SSSR count). The van der Waals surface area contributed by atoms with Gasteiger partial charge < -0.3 is 10.1 Å². The van der Waals surface area contributed by atoms with Crippen LogP contribution in [0.4, 0.5) is 5.69 Å². The predicted octanol–water partition coefficient (Wildman–Crippen LogP) is 2.14. The number of hydrogen-bond acceptors (Lipinski definition) is 2. The van der Waals surface area contributed by atoms with E-state index in [4.69, 9.17) is 4.74 Å². The van der Waals surface area contributed by atoms with Gasteiger partial charge in [-0.05, 0) is 17.5 Å². The van der Waals surface area contributed by atoms with E-state index in [1.165, 1.54) is 0 Å². The molecule has 0 saturated heterocycles. The Morgan fingerprint density at radius 1 is 1.50 bits per heavy atom. The van der Waals surface area contributed by atoms with Crippen molar-refractivity contribution in [3.8, 4) is 5.75 Å². The third kappa shape index (κ3) is 1.35. The molecule has 1 aromatic carbocycles. The number of hydrogen-bond donors (Lipinski definition) is 1. The van der Waals surface area contributed by atoms with Crippen LogP contribution in [-0.2, 0) is 4.79 Å². The first-order chi connectivity index (χ1) is 6.72. The van der Waals surface area contributed by atoms with Gasteiger partial charge >= 0.3 is 0 Å². The van der Waals surface area contributed by atoms with Gasteiger partial charge in [-0.1, -0.05) is 19.1 Å². The number of nitrogens with one attached hydrogen (secondary N) is 1. The van der Waals surface area contributed by atoms with Crippen LogP contribution >= 0.6 is 0 Å². The maximum atomic E-state index is 11.3. The largest absolute Gasteiger partial charge is 0.495 e. The van der Waals surface area contributed by atoms with Crippen molar-refractivity contribution in [2.45, 2.75) is 19.3 Å². The van der Waals surface area contributed by atoms with Crippen LogP contribution in [0.5, 0.6) is 5.75 Å². The van der Waals surface area contributed by atoms with E-state index in [1.807, 2.05) is 18.2 Å². The van der Waals surface area contributed by atoms with Crippen LogP contribution in [0.2, 0.25) is 0 Å². The van der Waals surface area contributed by atoms with Crippen molar-refractivity contribution in [2.75, 3.05) is 12.4 Å². The van der Waals surface area contributed by atoms with Crippen molar-refractivity contribution in [3.05, 3.63) is 23.8 Å². The molecule has 1 aliphatic rings. The van der Waals surface area contributed by atoms with E-state index >= 15 is 0 Å². The summed E-state index contributed by atoms with van der Waals surface area (Å²) >= 11 is 0. The smallest absolute Gasteiger partial charge is 0.225 e. The summed E-state index contributed by atoms with van der Waals surface area (Å²) in [5.74, 6) is 1.07. The summed E-state index contributed by atoms with van der Waals surface area (Å²) in [5.41, 5.74) is 1.99. The first-order valence-electron chi connectivity index (χ1n) is 4.69. The van der Waals surface area contributed by atoms with E-state index in [1.54, 1.807) is 7.11 Å². The van der Waals surface area contributed by atoms with E-state index in [0.717, 1.165) is 17.0 Å². The molecule has 1 aromatic rings. The number of rotatable bonds is 1. The first kappa shape index (κ1) is 9.06. The van der Waals surface area contributed by atoms with Gasteiger partial charge in [0.25, 0.3) is 0 Å². The normalized spacial score (nSPS) is 19.9. The zero-order chi connectivity index (χ0) is 10.1. The van der Waals surface area contributed by atoms with Gasteiger partial charge in [0.15, 0.2) is 0 Å². The van der Waals surface area contributed by atoms with Crippen LogP contribution in [0.25, 0.3) is 0 Å². The van der Waals surface area contributed by atoms with Crippen LogP contribution in [-0.4, -0.2) is 13.0 Å². The molecule has 0 bridgehead atoms. The Labute approximate surface area is 83.1 Å². The minimum atomic E-state index is 0.0644. The zero-order valence-electron chi connectivity index (χ0n) is 8.33. The van der Waals surface area contributed by atoms with Gasteiger partial charge in [0, 0.05) is 6.42 Å². The van der Waals surface area contributed by atoms with Crippen molar-refractivity contribution in [2.24, 2.45) is 0 Å². The fourth-order valence-corrected chi connectivity index (χ4v) is 1.84. The molecule has 1 atom stereocenters. The first-order valence-corrected chi connectivity index (χ1v) is 4.69. The Morgan fingerprint density at radius 3 is 3.00 bits per heavy atom. The number of benzene rings is 1. The third-order valence-electron chi connectivity index (χ3n) is 2.57. The third-order valence-corrected chi connectivity index (χ3v) is 2.57. The van der Waals surface area contributed by atoms with Crippen molar-refractivity contribution in [1.29, 1.82) is 0 Å². The average molecular weight is 191 g/mol. The van der Waals surface area contributed by atoms with Gasteiger partial charge in [-0.15, -0.1) is 0 Å². The minimum absolute atomic E-state index is 0.0644. The summed E-state index contributed by atoms with van der Waals surface area (Å²) < 4.78 is 5.19. The average Bonchev–Trinajstić information content (AvgIpc) is 2.17. The van der Waals surface area contributed by atoms with Gasteiger partial charge in [-0.25, -0.2) is 0 Å². The van der Waals surface area contributed by atoms with Crippen LogP contribution in [0.3, 0.4) is 0 Å². The molecule has 0 fully saturated rings. The Hall–Kier alpha value is -1.51. The highest BCUT2D eigenvalue weighted by Gasteiger charge is 2.23. The molecule has 74 valence electrons. The molecular formula is C11H13NO2. The fraction of sp³-hybridized carbons (Fsp3) is 0.364. The summed E-state index contributed by atoms with van der Waals surface area (Å²) in [7, 11) is 1.61. The molecule has 0 aliphatic carbocycles. The van der Waals surface area contributed by atoms with Gasteiger partial charge in [0.1, 0.15) is 5.75 Å². The quantitative estimate of drug-likeness (QED) is 0.738. The van der Waals surface area contributed by atoms with Gasteiger partial charge in [0.2, 0.25) is 5.91 Å². The Bertz CT molecular complexity index is 374. The number of carbonyl (C=O) groups is 1. The maximum absolute atomic E-state index is 11.3. The molecule has 1 N–H and O–H groups in total. The van der Waals surface area contributed by atoms with Crippen molar-refractivity contribution >= 4 is 11.6 Å². The summed E-state index contributed by atoms with van der Waals surface area (Å²) in [5, 5.41) is 2.85. The van der Waals surface area contributed by atoms with E-state index in [2.05, 4.69) is 12.2 Å². The summed E-state index contributed by atoms with van der Waals surface area (Å²) in [6, 6.07) is 5.84. The van der Waals surface area contributed by atoms with Crippen LogP contribution in [0.1, 0.15) is 24.8 Å². The summed E-state index contributed by atoms with van der Waals surface area (Å²) in [4.78, 5) is 11.3. The zero-order valence-corrected chi connectivity index (χ0v) is 8.33. The van der Waals surface area contributed by atoms with Crippen molar-refractivity contribution in [3.63, 3.8) is 0 Å². The van der Waals surface area contributed by atoms with Gasteiger partial charge in [-0.2, -0.15) is 0 Å². The lowest BCUT2D eigenvalue weighted by Gasteiger charge is -2.24. The number of ether oxygens (including phenoxy) is 1. The molecule has 14 heavy (non-hydrogen) atoms. The van der Waals surface area contributed by atoms with Crippen LogP contribution in [0, 0.1) is 0 Å². The highest BCUT2D eigenvalue weighted by Crippen LogP contribution is 2.37. The molecule has 3 heteroatoms. The molecule has 1 heterocycles. The highest BCUT2D eigenvalue weighted by atomic mass is 16.5. The number of carbonyl (C=O) groups excluding carboxylic acids is 1. The molecule has 0 radical (unpaired) electrons. The van der Waals surface area contributed by atoms with E-state index in [9.17, 15) is 4.79 Å². The standard InChI is InChI=1S/C11H13NO2/c1-7-6-10(13)12-11-8(7)4-3-5-9(11)14-2/h3-5,7H,6H2,1-2H3,(H,12,13). The number of para-hydroxylation sites is 1. The van der Waals surface area contributed by atoms with E-state index < -0.39 is 0 Å². The SMILES string of the molecule is COc1cccc2c1NC(=O)CC2C. The topological polar surface area (TPSA) is 38.3 Å². The van der Waals surface area contributed by atoms with Crippen molar-refractivity contribution in [1.82, 2.24) is 0 Å². The number of methoxy groups -OCH3 is 1. The second-order valence-corrected chi connectivity index (χ2v) is 3.58. The van der Waals surface area contributed by atoms with Crippen molar-refractivity contribution < 1.29 is 9.53 Å². The predicted molar refractivity (Wildman–Crippen MR) is 54.7 cm³/mol. The highest BCUT2D eigenvalue weighted by molar-refractivity contribution is 5.96. The maximum Gasteiger partial charge on any atom is 0.225 e. The monoisotopic (exact) mass is 191 g/mol. The molecule has 0 saturated carbocycles. The number of anilines is 1. The Morgan fingerprint density at radius 2 is 2.29 bits per heavy atom. The summed E-state index contributed by atoms with van der Waals surface area (Å²) in [6.07, 6.45) is 0.556. The second-order valence-electron chi connectivity index (χ2n) is 3.58. The second kappa shape index (κ2) is 3.33. The lowest BCUT2D eigenvalue weighted by molar-refractivity contribution is -0.116. The van der Waals surface area contributed by atoms with Crippen LogP contribution < -0.4 is 10.1 Å². The molecule has 1 aliphatic heterocycles. The Balaban J connectivity index is 2.52. The Kier molecular flexibility index (Phi) is 2.15. The number of fused-ring (bicyclic) bond motifs is 1. The minimum Gasteiger partial charge on any atom is -0.495 e. The molecule has 0 aromatic heterocycles. The lowest BCUT2D eigenvalue weighted by Crippen LogP contribution is -2.21. The van der Waals surface area contributed by atoms with Gasteiger partial charge in [0.05, 0.1) is 12.8 Å². The van der Waals surface area contributed by atoms with E-state index in [0.29, 0.717) is 6.42 Å².